The summed E-state index contributed by atoms with van der Waals surface area (Å²) in [6.45, 7) is 4.46. The van der Waals surface area contributed by atoms with Crippen molar-refractivity contribution < 1.29 is 19.0 Å². The number of esters is 1. The minimum absolute atomic E-state index is 0.159. The number of methoxy groups -OCH3 is 1. The lowest BCUT2D eigenvalue weighted by Crippen LogP contribution is -2.43. The van der Waals surface area contributed by atoms with E-state index in [9.17, 15) is 4.79 Å². The van der Waals surface area contributed by atoms with E-state index in [-0.39, 0.29) is 18.5 Å². The Labute approximate surface area is 118 Å². The van der Waals surface area contributed by atoms with Gasteiger partial charge in [0.15, 0.2) is 0 Å². The van der Waals surface area contributed by atoms with Crippen LogP contribution in [0, 0.1) is 0 Å². The zero-order valence-electron chi connectivity index (χ0n) is 11.9. The molecule has 1 unspecified atom stereocenters. The van der Waals surface area contributed by atoms with Crippen LogP contribution in [0.1, 0.15) is 13.3 Å². The van der Waals surface area contributed by atoms with Gasteiger partial charge >= 0.3 is 5.97 Å². The van der Waals surface area contributed by atoms with Gasteiger partial charge in [0.25, 0.3) is 0 Å². The summed E-state index contributed by atoms with van der Waals surface area (Å²) in [6, 6.07) is 5.68. The number of hydrogen-bond acceptors (Lipinski definition) is 6. The molecular formula is C14H20N2O4. The van der Waals surface area contributed by atoms with Crippen molar-refractivity contribution >= 4 is 11.8 Å². The van der Waals surface area contributed by atoms with Crippen LogP contribution in [0.5, 0.6) is 5.88 Å². The van der Waals surface area contributed by atoms with E-state index in [4.69, 9.17) is 9.47 Å². The van der Waals surface area contributed by atoms with E-state index in [1.807, 2.05) is 25.1 Å². The molecule has 1 saturated heterocycles. The second-order valence-electron chi connectivity index (χ2n) is 4.49. The highest BCUT2D eigenvalue weighted by Gasteiger charge is 2.24. The molecule has 0 aliphatic carbocycles. The second kappa shape index (κ2) is 7.09. The average Bonchev–Trinajstić information content (AvgIpc) is 2.48. The Morgan fingerprint density at radius 1 is 1.55 bits per heavy atom. The van der Waals surface area contributed by atoms with Gasteiger partial charge in [0.2, 0.25) is 5.88 Å². The molecule has 0 N–H and O–H groups in total. The molecule has 1 aliphatic rings. The zero-order valence-corrected chi connectivity index (χ0v) is 11.9. The Balaban J connectivity index is 2.01. The van der Waals surface area contributed by atoms with Gasteiger partial charge in [-0.15, -0.1) is 0 Å². The molecule has 0 radical (unpaired) electrons. The van der Waals surface area contributed by atoms with Crippen LogP contribution in [0.3, 0.4) is 0 Å². The van der Waals surface area contributed by atoms with Crippen LogP contribution in [-0.2, 0) is 14.3 Å². The predicted molar refractivity (Wildman–Crippen MR) is 74.0 cm³/mol. The number of carbonyl (C=O) groups excluding carboxylic acids is 1. The van der Waals surface area contributed by atoms with E-state index in [0.717, 1.165) is 12.4 Å². The van der Waals surface area contributed by atoms with Crippen molar-refractivity contribution in [3.05, 3.63) is 18.2 Å². The van der Waals surface area contributed by atoms with E-state index < -0.39 is 0 Å². The van der Waals surface area contributed by atoms with Crippen molar-refractivity contribution in [3.63, 3.8) is 0 Å². The molecule has 1 aromatic rings. The van der Waals surface area contributed by atoms with Crippen LogP contribution >= 0.6 is 0 Å². The molecule has 0 amide bonds. The first-order valence-corrected chi connectivity index (χ1v) is 6.76. The largest absolute Gasteiger partial charge is 0.478 e. The molecule has 0 aromatic carbocycles. The summed E-state index contributed by atoms with van der Waals surface area (Å²) in [5.74, 6) is 1.20. The summed E-state index contributed by atoms with van der Waals surface area (Å²) in [4.78, 5) is 17.9. The lowest BCUT2D eigenvalue weighted by Gasteiger charge is -2.33. The number of ether oxygens (including phenoxy) is 3. The molecule has 0 spiro atoms. The number of carbonyl (C=O) groups is 1. The van der Waals surface area contributed by atoms with E-state index in [2.05, 4.69) is 14.6 Å². The number of anilines is 1. The highest BCUT2D eigenvalue weighted by molar-refractivity contribution is 5.69. The first-order valence-electron chi connectivity index (χ1n) is 6.76. The molecule has 1 aromatic heterocycles. The fourth-order valence-electron chi connectivity index (χ4n) is 2.13. The molecule has 6 heteroatoms. The molecule has 1 aliphatic heterocycles. The van der Waals surface area contributed by atoms with Crippen LogP contribution in [0.2, 0.25) is 0 Å². The average molecular weight is 280 g/mol. The highest BCUT2D eigenvalue weighted by atomic mass is 16.5. The van der Waals surface area contributed by atoms with Crippen LogP contribution in [0.4, 0.5) is 5.82 Å². The molecule has 110 valence electrons. The van der Waals surface area contributed by atoms with Crippen molar-refractivity contribution in [1.82, 2.24) is 4.98 Å². The summed E-state index contributed by atoms with van der Waals surface area (Å²) in [6.07, 6.45) is 0.103. The number of pyridine rings is 1. The quantitative estimate of drug-likeness (QED) is 0.756. The molecule has 1 fully saturated rings. The van der Waals surface area contributed by atoms with E-state index in [1.54, 1.807) is 0 Å². The Hall–Kier alpha value is -1.82. The van der Waals surface area contributed by atoms with Gasteiger partial charge in [-0.25, -0.2) is 0 Å². The second-order valence-corrected chi connectivity index (χ2v) is 4.49. The van der Waals surface area contributed by atoms with E-state index >= 15 is 0 Å². The van der Waals surface area contributed by atoms with Crippen molar-refractivity contribution in [2.45, 2.75) is 19.4 Å². The minimum atomic E-state index is -0.257. The molecule has 6 nitrogen and oxygen atoms in total. The first kappa shape index (κ1) is 14.6. The Bertz CT molecular complexity index is 453. The SMILES string of the molecule is CCOc1cccc(N2CCOC(CC(=O)OC)C2)n1. The van der Waals surface area contributed by atoms with Gasteiger partial charge in [-0.05, 0) is 13.0 Å². The van der Waals surface area contributed by atoms with Crippen molar-refractivity contribution in [3.8, 4) is 5.88 Å². The maximum absolute atomic E-state index is 11.3. The predicted octanol–water partition coefficient (Wildman–Crippen LogP) is 1.25. The Morgan fingerprint density at radius 3 is 3.15 bits per heavy atom. The highest BCUT2D eigenvalue weighted by Crippen LogP contribution is 2.19. The van der Waals surface area contributed by atoms with Gasteiger partial charge in [-0.2, -0.15) is 4.98 Å². The fraction of sp³-hybridized carbons (Fsp3) is 0.571. The van der Waals surface area contributed by atoms with Crippen molar-refractivity contribution in [2.24, 2.45) is 0 Å². The normalized spacial score (nSPS) is 18.7. The van der Waals surface area contributed by atoms with Crippen LogP contribution in [0.15, 0.2) is 18.2 Å². The third-order valence-corrected chi connectivity index (χ3v) is 3.09. The summed E-state index contributed by atoms with van der Waals surface area (Å²) >= 11 is 0. The van der Waals surface area contributed by atoms with Crippen LogP contribution in [0.25, 0.3) is 0 Å². The standard InChI is InChI=1S/C14H20N2O4/c1-3-19-13-6-4-5-12(15-13)16-7-8-20-11(10-16)9-14(17)18-2/h4-6,11H,3,7-10H2,1-2H3. The van der Waals surface area contributed by atoms with Gasteiger partial charge in [0, 0.05) is 19.2 Å². The van der Waals surface area contributed by atoms with Gasteiger partial charge < -0.3 is 19.1 Å². The van der Waals surface area contributed by atoms with E-state index in [0.29, 0.717) is 25.6 Å². The van der Waals surface area contributed by atoms with Crippen molar-refractivity contribution in [1.29, 1.82) is 0 Å². The molecule has 1 atom stereocenters. The maximum Gasteiger partial charge on any atom is 0.308 e. The maximum atomic E-state index is 11.3. The number of aromatic nitrogens is 1. The first-order chi connectivity index (χ1) is 9.72. The fourth-order valence-corrected chi connectivity index (χ4v) is 2.13. The molecule has 0 bridgehead atoms. The summed E-state index contributed by atoms with van der Waals surface area (Å²) < 4.78 is 15.7. The Morgan fingerprint density at radius 2 is 2.40 bits per heavy atom. The lowest BCUT2D eigenvalue weighted by atomic mass is 10.2. The molecule has 2 heterocycles. The van der Waals surface area contributed by atoms with Crippen molar-refractivity contribution in [2.75, 3.05) is 38.3 Å². The summed E-state index contributed by atoms with van der Waals surface area (Å²) in [5.41, 5.74) is 0. The van der Waals surface area contributed by atoms with E-state index in [1.165, 1.54) is 7.11 Å². The molecular weight excluding hydrogens is 260 g/mol. The number of nitrogens with zero attached hydrogens (tertiary/aromatic N) is 2. The monoisotopic (exact) mass is 280 g/mol. The summed E-state index contributed by atoms with van der Waals surface area (Å²) in [7, 11) is 1.38. The summed E-state index contributed by atoms with van der Waals surface area (Å²) in [5, 5.41) is 0. The lowest BCUT2D eigenvalue weighted by molar-refractivity contribution is -0.144. The Kier molecular flexibility index (Phi) is 5.17. The number of morpholine rings is 1. The molecule has 0 saturated carbocycles. The number of hydrogen-bond donors (Lipinski definition) is 0. The third-order valence-electron chi connectivity index (χ3n) is 3.09. The zero-order chi connectivity index (χ0) is 14.4. The minimum Gasteiger partial charge on any atom is -0.478 e. The molecule has 2 rings (SSSR count). The third kappa shape index (κ3) is 3.84. The van der Waals surface area contributed by atoms with Crippen LogP contribution in [-0.4, -0.2) is 50.5 Å². The number of rotatable bonds is 5. The smallest absolute Gasteiger partial charge is 0.308 e. The van der Waals surface area contributed by atoms with Gasteiger partial charge in [0.05, 0.1) is 32.8 Å². The topological polar surface area (TPSA) is 60.9 Å². The van der Waals surface area contributed by atoms with Gasteiger partial charge in [0.1, 0.15) is 5.82 Å². The van der Waals surface area contributed by atoms with Gasteiger partial charge in [-0.1, -0.05) is 6.07 Å². The van der Waals surface area contributed by atoms with Crippen LogP contribution < -0.4 is 9.64 Å². The van der Waals surface area contributed by atoms with Gasteiger partial charge in [-0.3, -0.25) is 4.79 Å². The molecule has 20 heavy (non-hydrogen) atoms.